The summed E-state index contributed by atoms with van der Waals surface area (Å²) in [7, 11) is 0. The first-order valence-electron chi connectivity index (χ1n) is 7.36. The maximum Gasteiger partial charge on any atom is 0.141 e. The summed E-state index contributed by atoms with van der Waals surface area (Å²) in [5, 5.41) is 0. The smallest absolute Gasteiger partial charge is 0.141 e. The number of nitrogens with one attached hydrogen (secondary N) is 2. The first-order valence-corrected chi connectivity index (χ1v) is 8.16. The third kappa shape index (κ3) is 4.58. The highest BCUT2D eigenvalue weighted by atomic mass is 79.9. The Bertz CT molecular complexity index is 748. The van der Waals surface area contributed by atoms with Crippen LogP contribution in [0.25, 0.3) is 0 Å². The molecule has 0 saturated heterocycles. The van der Waals surface area contributed by atoms with Crippen molar-refractivity contribution in [2.75, 3.05) is 5.43 Å². The van der Waals surface area contributed by atoms with Crippen LogP contribution in [0.15, 0.2) is 83.3 Å². The molecule has 3 aromatic rings. The van der Waals surface area contributed by atoms with Crippen molar-refractivity contribution >= 4 is 21.6 Å². The number of hydrogen-bond donors (Lipinski definition) is 2. The summed E-state index contributed by atoms with van der Waals surface area (Å²) >= 11 is 3.57. The van der Waals surface area contributed by atoms with Gasteiger partial charge in [0.15, 0.2) is 0 Å². The number of ether oxygens (including phenoxy) is 1. The van der Waals surface area contributed by atoms with Gasteiger partial charge in [-0.1, -0.05) is 42.5 Å². The fourth-order valence-electron chi connectivity index (χ4n) is 2.12. The first kappa shape index (κ1) is 15.6. The molecular weight excluding hydrogens is 352 g/mol. The van der Waals surface area contributed by atoms with Crippen molar-refractivity contribution in [2.24, 2.45) is 0 Å². The summed E-state index contributed by atoms with van der Waals surface area (Å²) in [6, 6.07) is 25.8. The topological polar surface area (TPSA) is 33.3 Å². The van der Waals surface area contributed by atoms with E-state index < -0.39 is 0 Å². The van der Waals surface area contributed by atoms with Gasteiger partial charge in [-0.25, -0.2) is 5.43 Å². The molecule has 3 rings (SSSR count). The average molecular weight is 369 g/mol. The summed E-state index contributed by atoms with van der Waals surface area (Å²) in [5.41, 5.74) is 8.56. The number of rotatable bonds is 6. The van der Waals surface area contributed by atoms with E-state index in [1.165, 1.54) is 0 Å². The zero-order chi connectivity index (χ0) is 15.9. The van der Waals surface area contributed by atoms with E-state index in [0.717, 1.165) is 27.2 Å². The van der Waals surface area contributed by atoms with E-state index in [9.17, 15) is 0 Å². The lowest BCUT2D eigenvalue weighted by Crippen LogP contribution is -2.20. The molecule has 0 aliphatic heterocycles. The fourth-order valence-corrected chi connectivity index (χ4v) is 2.63. The lowest BCUT2D eigenvalue weighted by Gasteiger charge is -2.11. The molecule has 0 heterocycles. The average Bonchev–Trinajstić information content (AvgIpc) is 2.59. The van der Waals surface area contributed by atoms with Gasteiger partial charge in [0.25, 0.3) is 0 Å². The number of halogens is 1. The summed E-state index contributed by atoms with van der Waals surface area (Å²) in [4.78, 5) is 0. The van der Waals surface area contributed by atoms with Crippen LogP contribution in [0.5, 0.6) is 11.5 Å². The van der Waals surface area contributed by atoms with Crippen LogP contribution in [0.4, 0.5) is 5.69 Å². The van der Waals surface area contributed by atoms with Crippen LogP contribution in [0.3, 0.4) is 0 Å². The second-order valence-electron chi connectivity index (χ2n) is 5.02. The van der Waals surface area contributed by atoms with Crippen LogP contribution in [0.2, 0.25) is 0 Å². The Morgan fingerprint density at radius 1 is 0.826 bits per heavy atom. The van der Waals surface area contributed by atoms with Crippen LogP contribution < -0.4 is 15.6 Å². The van der Waals surface area contributed by atoms with Gasteiger partial charge >= 0.3 is 0 Å². The molecule has 0 aliphatic carbocycles. The van der Waals surface area contributed by atoms with Crippen molar-refractivity contribution in [3.63, 3.8) is 0 Å². The van der Waals surface area contributed by atoms with Gasteiger partial charge in [0, 0.05) is 12.2 Å². The Morgan fingerprint density at radius 2 is 1.52 bits per heavy atom. The maximum atomic E-state index is 5.86. The van der Waals surface area contributed by atoms with Crippen molar-refractivity contribution in [1.82, 2.24) is 5.43 Å². The molecule has 116 valence electrons. The number of hydrogen-bond acceptors (Lipinski definition) is 3. The highest BCUT2D eigenvalue weighted by Gasteiger charge is 2.04. The Balaban J connectivity index is 1.58. The Hall–Kier alpha value is -2.30. The van der Waals surface area contributed by atoms with Crippen LogP contribution in [-0.2, 0) is 6.54 Å². The van der Waals surface area contributed by atoms with E-state index in [1.54, 1.807) is 0 Å². The maximum absolute atomic E-state index is 5.86. The SMILES string of the molecule is Brc1cc(CNNc2ccccc2)ccc1Oc1ccccc1. The predicted octanol–water partition coefficient (Wildman–Crippen LogP) is 5.36. The van der Waals surface area contributed by atoms with Gasteiger partial charge in [-0.2, -0.15) is 0 Å². The molecule has 0 aliphatic rings. The van der Waals surface area contributed by atoms with Crippen LogP contribution in [0.1, 0.15) is 5.56 Å². The van der Waals surface area contributed by atoms with E-state index in [0.29, 0.717) is 6.54 Å². The number of benzene rings is 3. The lowest BCUT2D eigenvalue weighted by atomic mass is 10.2. The van der Waals surface area contributed by atoms with E-state index in [4.69, 9.17) is 4.74 Å². The summed E-state index contributed by atoms with van der Waals surface area (Å²) < 4.78 is 6.79. The third-order valence-electron chi connectivity index (χ3n) is 3.27. The van der Waals surface area contributed by atoms with Gasteiger partial charge in [-0.05, 0) is 57.9 Å². The molecule has 0 atom stereocenters. The molecule has 0 amide bonds. The van der Waals surface area contributed by atoms with Gasteiger partial charge in [-0.15, -0.1) is 0 Å². The Morgan fingerprint density at radius 3 is 2.22 bits per heavy atom. The second-order valence-corrected chi connectivity index (χ2v) is 5.88. The highest BCUT2D eigenvalue weighted by molar-refractivity contribution is 9.10. The predicted molar refractivity (Wildman–Crippen MR) is 97.6 cm³/mol. The largest absolute Gasteiger partial charge is 0.456 e. The molecular formula is C19H17BrN2O. The van der Waals surface area contributed by atoms with Gasteiger partial charge < -0.3 is 10.2 Å². The van der Waals surface area contributed by atoms with Crippen LogP contribution in [-0.4, -0.2) is 0 Å². The van der Waals surface area contributed by atoms with Crippen molar-refractivity contribution in [3.8, 4) is 11.5 Å². The number of para-hydroxylation sites is 2. The second kappa shape index (κ2) is 7.81. The van der Waals surface area contributed by atoms with Crippen molar-refractivity contribution in [2.45, 2.75) is 6.54 Å². The van der Waals surface area contributed by atoms with Gasteiger partial charge in [0.05, 0.1) is 4.47 Å². The van der Waals surface area contributed by atoms with Crippen molar-refractivity contribution in [3.05, 3.63) is 88.9 Å². The number of hydrazine groups is 1. The van der Waals surface area contributed by atoms with E-state index in [1.807, 2.05) is 72.8 Å². The molecule has 3 aromatic carbocycles. The molecule has 0 fully saturated rings. The minimum absolute atomic E-state index is 0.707. The number of anilines is 1. The zero-order valence-corrected chi connectivity index (χ0v) is 14.1. The third-order valence-corrected chi connectivity index (χ3v) is 3.89. The molecule has 23 heavy (non-hydrogen) atoms. The molecule has 0 radical (unpaired) electrons. The molecule has 0 saturated carbocycles. The summed E-state index contributed by atoms with van der Waals surface area (Å²) in [5.74, 6) is 1.63. The molecule has 0 aromatic heterocycles. The monoisotopic (exact) mass is 368 g/mol. The molecule has 4 heteroatoms. The summed E-state index contributed by atoms with van der Waals surface area (Å²) in [6.07, 6.45) is 0. The van der Waals surface area contributed by atoms with Crippen molar-refractivity contribution < 1.29 is 4.74 Å². The minimum atomic E-state index is 0.707. The van der Waals surface area contributed by atoms with Crippen LogP contribution >= 0.6 is 15.9 Å². The standard InChI is InChI=1S/C19H17BrN2O/c20-18-13-15(14-21-22-16-7-3-1-4-8-16)11-12-19(18)23-17-9-5-2-6-10-17/h1-13,21-22H,14H2. The van der Waals surface area contributed by atoms with E-state index in [2.05, 4.69) is 32.8 Å². The summed E-state index contributed by atoms with van der Waals surface area (Å²) in [6.45, 7) is 0.707. The normalized spacial score (nSPS) is 10.3. The Labute approximate surface area is 144 Å². The molecule has 3 nitrogen and oxygen atoms in total. The highest BCUT2D eigenvalue weighted by Crippen LogP contribution is 2.30. The lowest BCUT2D eigenvalue weighted by molar-refractivity contribution is 0.479. The minimum Gasteiger partial charge on any atom is -0.456 e. The fraction of sp³-hybridized carbons (Fsp3) is 0.0526. The van der Waals surface area contributed by atoms with E-state index >= 15 is 0 Å². The van der Waals surface area contributed by atoms with Crippen LogP contribution in [0, 0.1) is 0 Å². The Kier molecular flexibility index (Phi) is 5.29. The molecule has 0 bridgehead atoms. The quantitative estimate of drug-likeness (QED) is 0.574. The van der Waals surface area contributed by atoms with Gasteiger partial charge in [0.1, 0.15) is 11.5 Å². The van der Waals surface area contributed by atoms with E-state index in [-0.39, 0.29) is 0 Å². The molecule has 2 N–H and O–H groups in total. The van der Waals surface area contributed by atoms with Gasteiger partial charge in [-0.3, -0.25) is 0 Å². The molecule has 0 spiro atoms. The molecule has 0 unspecified atom stereocenters. The zero-order valence-electron chi connectivity index (χ0n) is 12.5. The van der Waals surface area contributed by atoms with Gasteiger partial charge in [0.2, 0.25) is 0 Å². The first-order chi connectivity index (χ1) is 11.3. The van der Waals surface area contributed by atoms with Crippen molar-refractivity contribution in [1.29, 1.82) is 0 Å².